The molecule has 280 valence electrons. The van der Waals surface area contributed by atoms with Crippen molar-refractivity contribution in [3.8, 4) is 11.5 Å². The Morgan fingerprint density at radius 3 is 2.33 bits per heavy atom. The summed E-state index contributed by atoms with van der Waals surface area (Å²) in [5, 5.41) is 16.8. The van der Waals surface area contributed by atoms with Crippen molar-refractivity contribution in [2.45, 2.75) is 104 Å². The van der Waals surface area contributed by atoms with E-state index in [1.807, 2.05) is 27.7 Å². The first kappa shape index (κ1) is 40.1. The minimum Gasteiger partial charge on any atom is -0.414 e. The van der Waals surface area contributed by atoms with Crippen LogP contribution in [0, 0.1) is 17.7 Å². The second-order valence-corrected chi connectivity index (χ2v) is 14.8. The summed E-state index contributed by atoms with van der Waals surface area (Å²) in [6, 6.07) is 5.75. The van der Waals surface area contributed by atoms with Crippen molar-refractivity contribution in [1.29, 1.82) is 0 Å². The number of hydrogen-bond donors (Lipinski definition) is 3. The van der Waals surface area contributed by atoms with E-state index in [0.29, 0.717) is 49.2 Å². The molecule has 3 heterocycles. The largest absolute Gasteiger partial charge is 0.414 e. The number of pyridine rings is 1. The van der Waals surface area contributed by atoms with Crippen LogP contribution < -0.4 is 16.0 Å². The van der Waals surface area contributed by atoms with Gasteiger partial charge in [0.2, 0.25) is 29.4 Å². The maximum absolute atomic E-state index is 13.8. The maximum atomic E-state index is 13.8. The van der Waals surface area contributed by atoms with Gasteiger partial charge in [0.1, 0.15) is 23.6 Å². The van der Waals surface area contributed by atoms with Gasteiger partial charge in [-0.3, -0.25) is 29.0 Å². The number of hydrogen-bond acceptors (Lipinski definition) is 9. The van der Waals surface area contributed by atoms with Crippen molar-refractivity contribution in [3.05, 3.63) is 65.0 Å². The number of likely N-dealkylation sites (tertiary alicyclic amines) is 1. The Bertz CT molecular complexity index is 1750. The smallest absolute Gasteiger partial charge is 0.286 e. The number of carbonyl (C=O) groups is 5. The molecule has 2 aromatic heterocycles. The van der Waals surface area contributed by atoms with E-state index >= 15 is 0 Å². The van der Waals surface area contributed by atoms with Crippen LogP contribution in [0.4, 0.5) is 4.39 Å². The molecule has 1 fully saturated rings. The Balaban J connectivity index is 1.31. The van der Waals surface area contributed by atoms with Gasteiger partial charge in [-0.25, -0.2) is 4.39 Å². The van der Waals surface area contributed by atoms with Crippen LogP contribution in [0.5, 0.6) is 0 Å². The van der Waals surface area contributed by atoms with Gasteiger partial charge in [-0.1, -0.05) is 45.7 Å². The number of rotatable bonds is 16. The van der Waals surface area contributed by atoms with Gasteiger partial charge >= 0.3 is 0 Å². The molecule has 0 saturated carbocycles. The number of amides is 4. The first-order chi connectivity index (χ1) is 24.6. The molecule has 0 bridgehead atoms. The van der Waals surface area contributed by atoms with Crippen molar-refractivity contribution in [3.63, 3.8) is 0 Å². The van der Waals surface area contributed by atoms with Gasteiger partial charge in [-0.05, 0) is 87.8 Å². The van der Waals surface area contributed by atoms with Crippen LogP contribution in [0.2, 0.25) is 5.02 Å². The van der Waals surface area contributed by atoms with Crippen LogP contribution in [0.1, 0.15) is 101 Å². The second kappa shape index (κ2) is 17.7. The highest BCUT2D eigenvalue weighted by Gasteiger charge is 2.40. The molecule has 52 heavy (non-hydrogen) atoms. The average Bonchev–Trinajstić information content (AvgIpc) is 3.78. The molecule has 15 heteroatoms. The fraction of sp³-hybridized carbons (Fsp3) is 0.514. The van der Waals surface area contributed by atoms with Gasteiger partial charge in [0.15, 0.2) is 0 Å². The highest BCUT2D eigenvalue weighted by molar-refractivity contribution is 6.30. The minimum absolute atomic E-state index is 0.0339. The summed E-state index contributed by atoms with van der Waals surface area (Å²) in [6.07, 6.45) is 4.39. The van der Waals surface area contributed by atoms with E-state index in [2.05, 4.69) is 31.1 Å². The third-order valence-electron chi connectivity index (χ3n) is 8.92. The summed E-state index contributed by atoms with van der Waals surface area (Å²) in [5.41, 5.74) is 0.0940. The fourth-order valence-corrected chi connectivity index (χ4v) is 6.17. The number of nitrogens with one attached hydrogen (secondary N) is 3. The highest BCUT2D eigenvalue weighted by Crippen LogP contribution is 2.23. The predicted molar refractivity (Wildman–Crippen MR) is 192 cm³/mol. The van der Waals surface area contributed by atoms with E-state index in [0.717, 1.165) is 0 Å². The van der Waals surface area contributed by atoms with E-state index in [-0.39, 0.29) is 53.5 Å². The summed E-state index contributed by atoms with van der Waals surface area (Å²) in [6.45, 7) is 11.3. The van der Waals surface area contributed by atoms with Crippen LogP contribution in [0.15, 0.2) is 47.0 Å². The molecular formula is C37H47ClFN7O6. The Morgan fingerprint density at radius 2 is 1.67 bits per heavy atom. The third-order valence-corrected chi connectivity index (χ3v) is 9.16. The molecule has 0 aliphatic carbocycles. The Labute approximate surface area is 307 Å². The van der Waals surface area contributed by atoms with Gasteiger partial charge in [0.25, 0.3) is 11.8 Å². The molecule has 1 aliphatic rings. The maximum Gasteiger partial charge on any atom is 0.286 e. The molecule has 0 radical (unpaired) electrons. The van der Waals surface area contributed by atoms with Crippen molar-refractivity contribution in [1.82, 2.24) is 36.0 Å². The van der Waals surface area contributed by atoms with Crippen LogP contribution in [0.3, 0.4) is 0 Å². The first-order valence-corrected chi connectivity index (χ1v) is 17.9. The van der Waals surface area contributed by atoms with Crippen molar-refractivity contribution in [2.24, 2.45) is 11.8 Å². The van der Waals surface area contributed by atoms with E-state index in [1.54, 1.807) is 19.9 Å². The topological polar surface area (TPSA) is 176 Å². The van der Waals surface area contributed by atoms with Gasteiger partial charge in [0, 0.05) is 35.3 Å². The Kier molecular flexibility index (Phi) is 13.6. The van der Waals surface area contributed by atoms with Crippen LogP contribution in [-0.4, -0.2) is 79.7 Å². The predicted octanol–water partition coefficient (Wildman–Crippen LogP) is 5.15. The molecule has 3 aromatic rings. The van der Waals surface area contributed by atoms with Crippen LogP contribution >= 0.6 is 11.6 Å². The molecule has 1 saturated heterocycles. The third kappa shape index (κ3) is 10.7. The zero-order chi connectivity index (χ0) is 38.2. The highest BCUT2D eigenvalue weighted by atomic mass is 35.5. The number of Topliss-reactive ketones (excluding diaryl/α,β-unsaturated/α-hetero) is 1. The Morgan fingerprint density at radius 1 is 0.981 bits per heavy atom. The fourth-order valence-electron chi connectivity index (χ4n) is 6.01. The van der Waals surface area contributed by atoms with E-state index in [9.17, 15) is 28.4 Å². The molecule has 0 unspecified atom stereocenters. The lowest BCUT2D eigenvalue weighted by molar-refractivity contribution is -0.142. The molecule has 4 rings (SSSR count). The number of benzene rings is 1. The van der Waals surface area contributed by atoms with Gasteiger partial charge in [-0.2, -0.15) is 0 Å². The molecule has 0 spiro atoms. The first-order valence-electron chi connectivity index (χ1n) is 17.5. The van der Waals surface area contributed by atoms with Gasteiger partial charge < -0.3 is 25.3 Å². The SMILES string of the molecule is CC(C)[C@H](NC(=O)[C@H]1CCCN1C(=O)[C@@H](NC(=O)CCCCC(C)(C)NC(=O)c1cc(Cl)ccn1)C(C)C)C(=O)c1nnc(-c2ccc(F)cc2)o1. The van der Waals surface area contributed by atoms with Crippen molar-refractivity contribution < 1.29 is 32.8 Å². The normalized spacial score (nSPS) is 15.7. The van der Waals surface area contributed by atoms with Crippen molar-refractivity contribution in [2.75, 3.05) is 6.54 Å². The quantitative estimate of drug-likeness (QED) is 0.133. The number of unbranched alkanes of at least 4 members (excludes halogenated alkanes) is 1. The number of ketones is 1. The number of carbonyl (C=O) groups excluding carboxylic acids is 5. The molecule has 3 N–H and O–H groups in total. The lowest BCUT2D eigenvalue weighted by Gasteiger charge is -2.31. The Hall–Kier alpha value is -4.72. The zero-order valence-corrected chi connectivity index (χ0v) is 31.1. The van der Waals surface area contributed by atoms with Crippen LogP contribution in [-0.2, 0) is 14.4 Å². The van der Waals surface area contributed by atoms with Gasteiger partial charge in [-0.15, -0.1) is 10.2 Å². The molecule has 4 amide bonds. The number of aromatic nitrogens is 3. The average molecular weight is 740 g/mol. The molecular weight excluding hydrogens is 693 g/mol. The minimum atomic E-state index is -1.01. The number of nitrogens with zero attached hydrogens (tertiary/aromatic N) is 4. The standard InChI is InChI=1S/C37H47ClFN7O6/c1-21(2)29(31(48)35-45-44-34(52-35)23-12-14-25(39)15-13-23)42-33(50)27-10-9-19-46(27)36(51)30(22(3)4)41-28(47)11-7-8-17-37(5,6)43-32(49)26-20-24(38)16-18-40-26/h12-16,18,20-22,27,29-30H,7-11,17,19H2,1-6H3,(H,41,47)(H,42,50)(H,43,49)/t27-,29+,30+/m1/s1. The monoisotopic (exact) mass is 739 g/mol. The summed E-state index contributed by atoms with van der Waals surface area (Å²) >= 11 is 5.98. The van der Waals surface area contributed by atoms with E-state index in [1.165, 1.54) is 41.4 Å². The molecule has 1 aromatic carbocycles. The summed E-state index contributed by atoms with van der Waals surface area (Å²) < 4.78 is 18.9. The molecule has 13 nitrogen and oxygen atoms in total. The summed E-state index contributed by atoms with van der Waals surface area (Å²) in [7, 11) is 0. The number of halogens is 2. The van der Waals surface area contributed by atoms with Gasteiger partial charge in [0.05, 0.1) is 6.04 Å². The summed E-state index contributed by atoms with van der Waals surface area (Å²) in [5.74, 6) is -3.40. The lowest BCUT2D eigenvalue weighted by Crippen LogP contribution is -2.57. The lowest BCUT2D eigenvalue weighted by atomic mass is 9.96. The zero-order valence-electron chi connectivity index (χ0n) is 30.4. The summed E-state index contributed by atoms with van der Waals surface area (Å²) in [4.78, 5) is 72.0. The molecule has 3 atom stereocenters. The van der Waals surface area contributed by atoms with E-state index in [4.69, 9.17) is 16.0 Å². The van der Waals surface area contributed by atoms with E-state index < -0.39 is 41.2 Å². The van der Waals surface area contributed by atoms with Crippen molar-refractivity contribution >= 4 is 41.0 Å². The van der Waals surface area contributed by atoms with Crippen LogP contribution in [0.25, 0.3) is 11.5 Å². The second-order valence-electron chi connectivity index (χ2n) is 14.4. The molecule has 1 aliphatic heterocycles.